The van der Waals surface area contributed by atoms with E-state index in [1.807, 2.05) is 71.3 Å². The zero-order chi connectivity index (χ0) is 25.1. The number of ketones is 1. The molecular weight excluding hydrogens is 514 g/mol. The van der Waals surface area contributed by atoms with Crippen molar-refractivity contribution in [1.82, 2.24) is 9.13 Å². The number of nitrogens with one attached hydrogen (secondary N) is 1. The van der Waals surface area contributed by atoms with Crippen LogP contribution in [0.5, 0.6) is 5.75 Å². The molecule has 0 saturated carbocycles. The molecule has 2 N–H and O–H groups in total. The van der Waals surface area contributed by atoms with Crippen LogP contribution in [0.15, 0.2) is 66.7 Å². The smallest absolute Gasteiger partial charge is 0.203 e. The first-order valence-electron chi connectivity index (χ1n) is 12.5. The molecule has 0 saturated heterocycles. The van der Waals surface area contributed by atoms with Crippen molar-refractivity contribution in [3.63, 3.8) is 0 Å². The minimum Gasteiger partial charge on any atom is -0.507 e. The number of Topliss-reactive ketones (excluding diaryl/α,β-unsaturated/α-hetero) is 1. The van der Waals surface area contributed by atoms with Crippen LogP contribution in [0.25, 0.3) is 11.0 Å². The quantitative estimate of drug-likeness (QED) is 0.217. The van der Waals surface area contributed by atoms with Crippen molar-refractivity contribution in [3.8, 4) is 5.75 Å². The first-order valence-corrected chi connectivity index (χ1v) is 12.5. The highest BCUT2D eigenvalue weighted by molar-refractivity contribution is 8.93. The van der Waals surface area contributed by atoms with E-state index in [1.165, 1.54) is 0 Å². The maximum Gasteiger partial charge on any atom is 0.203 e. The predicted octanol–water partition coefficient (Wildman–Crippen LogP) is 7.16. The SMILES string of the molecule is Br.CCC(C)c1cc(C(=O)Cn2c(=N)n(Cc3ccccc3)c3ccccc32)cc(C(C)CC)c1O. The Balaban J connectivity index is 0.00000361. The molecule has 2 atom stereocenters. The van der Waals surface area contributed by atoms with Gasteiger partial charge in [0.2, 0.25) is 5.62 Å². The van der Waals surface area contributed by atoms with Gasteiger partial charge in [0, 0.05) is 5.56 Å². The molecule has 0 aliphatic carbocycles. The van der Waals surface area contributed by atoms with Crippen molar-refractivity contribution < 1.29 is 9.90 Å². The van der Waals surface area contributed by atoms with E-state index in [9.17, 15) is 9.90 Å². The third-order valence-corrected chi connectivity index (χ3v) is 7.24. The Hall–Kier alpha value is -3.12. The van der Waals surface area contributed by atoms with E-state index in [4.69, 9.17) is 5.41 Å². The molecule has 0 aliphatic heterocycles. The number of aromatic nitrogens is 2. The van der Waals surface area contributed by atoms with Gasteiger partial charge in [-0.15, -0.1) is 17.0 Å². The zero-order valence-electron chi connectivity index (χ0n) is 21.5. The van der Waals surface area contributed by atoms with E-state index < -0.39 is 0 Å². The van der Waals surface area contributed by atoms with Crippen LogP contribution >= 0.6 is 17.0 Å². The summed E-state index contributed by atoms with van der Waals surface area (Å²) in [5.74, 6) is 0.564. The van der Waals surface area contributed by atoms with Gasteiger partial charge in [-0.3, -0.25) is 10.2 Å². The second-order valence-electron chi connectivity index (χ2n) is 9.52. The summed E-state index contributed by atoms with van der Waals surface area (Å²) in [6, 6.07) is 21.7. The molecule has 0 aliphatic rings. The molecule has 4 aromatic rings. The van der Waals surface area contributed by atoms with Gasteiger partial charge in [-0.05, 0) is 65.6 Å². The van der Waals surface area contributed by atoms with Crippen molar-refractivity contribution >= 4 is 33.8 Å². The monoisotopic (exact) mass is 549 g/mol. The van der Waals surface area contributed by atoms with Crippen molar-refractivity contribution in [2.24, 2.45) is 0 Å². The van der Waals surface area contributed by atoms with Gasteiger partial charge in [0.25, 0.3) is 0 Å². The summed E-state index contributed by atoms with van der Waals surface area (Å²) in [4.78, 5) is 13.6. The van der Waals surface area contributed by atoms with E-state index in [0.29, 0.717) is 23.5 Å². The molecule has 190 valence electrons. The van der Waals surface area contributed by atoms with E-state index in [1.54, 1.807) is 4.57 Å². The summed E-state index contributed by atoms with van der Waals surface area (Å²) >= 11 is 0. The zero-order valence-corrected chi connectivity index (χ0v) is 23.2. The number of phenolic OH excluding ortho intramolecular Hbond substituents is 1. The highest BCUT2D eigenvalue weighted by atomic mass is 79.9. The summed E-state index contributed by atoms with van der Waals surface area (Å²) in [7, 11) is 0. The maximum atomic E-state index is 13.6. The molecular formula is C30H36BrN3O2. The van der Waals surface area contributed by atoms with Crippen molar-refractivity contribution in [2.75, 3.05) is 0 Å². The molecule has 0 spiro atoms. The van der Waals surface area contributed by atoms with Crippen LogP contribution in [0, 0.1) is 5.41 Å². The Morgan fingerprint density at radius 1 is 0.861 bits per heavy atom. The van der Waals surface area contributed by atoms with Gasteiger partial charge in [-0.2, -0.15) is 0 Å². The summed E-state index contributed by atoms with van der Waals surface area (Å²) in [5.41, 5.74) is 5.46. The van der Waals surface area contributed by atoms with Gasteiger partial charge >= 0.3 is 0 Å². The predicted molar refractivity (Wildman–Crippen MR) is 151 cm³/mol. The standard InChI is InChI=1S/C30H35N3O2.BrH/c1-5-20(3)24-16-23(17-25(29(24)35)21(4)6-2)28(34)19-33-27-15-11-10-14-26(27)32(30(33)31)18-22-12-8-7-9-13-22;/h7-17,20-21,31,35H,5-6,18-19H2,1-4H3;1H. The number of halogens is 1. The molecule has 1 heterocycles. The molecule has 2 unspecified atom stereocenters. The van der Waals surface area contributed by atoms with Crippen LogP contribution in [0.4, 0.5) is 0 Å². The van der Waals surface area contributed by atoms with Crippen LogP contribution in [0.1, 0.15) is 79.4 Å². The fourth-order valence-electron chi connectivity index (χ4n) is 4.65. The highest BCUT2D eigenvalue weighted by Crippen LogP contribution is 2.37. The van der Waals surface area contributed by atoms with E-state index >= 15 is 0 Å². The van der Waals surface area contributed by atoms with Crippen molar-refractivity contribution in [3.05, 3.63) is 94.6 Å². The fraction of sp³-hybridized carbons (Fsp3) is 0.333. The Bertz CT molecular complexity index is 1370. The number of phenols is 1. The average molecular weight is 551 g/mol. The lowest BCUT2D eigenvalue weighted by molar-refractivity contribution is 0.0971. The minimum atomic E-state index is -0.0554. The molecule has 4 rings (SSSR count). The number of benzene rings is 3. The number of rotatable bonds is 9. The Morgan fingerprint density at radius 2 is 1.36 bits per heavy atom. The Kier molecular flexibility index (Phi) is 8.96. The van der Waals surface area contributed by atoms with Crippen LogP contribution in [-0.4, -0.2) is 20.0 Å². The molecule has 1 aromatic heterocycles. The molecule has 0 radical (unpaired) electrons. The largest absolute Gasteiger partial charge is 0.507 e. The molecule has 0 amide bonds. The van der Waals surface area contributed by atoms with Gasteiger partial charge in [-0.25, -0.2) is 0 Å². The maximum absolute atomic E-state index is 13.6. The van der Waals surface area contributed by atoms with Crippen molar-refractivity contribution in [2.45, 2.75) is 65.5 Å². The highest BCUT2D eigenvalue weighted by Gasteiger charge is 2.21. The van der Waals surface area contributed by atoms with Crippen molar-refractivity contribution in [1.29, 1.82) is 5.41 Å². The van der Waals surface area contributed by atoms with Gasteiger partial charge in [0.15, 0.2) is 5.78 Å². The molecule has 3 aromatic carbocycles. The second kappa shape index (κ2) is 11.7. The molecule has 6 heteroatoms. The number of aromatic hydroxyl groups is 1. The van der Waals surface area contributed by atoms with Gasteiger partial charge < -0.3 is 14.2 Å². The summed E-state index contributed by atoms with van der Waals surface area (Å²) in [6.45, 7) is 8.98. The Morgan fingerprint density at radius 3 is 1.89 bits per heavy atom. The van der Waals surface area contributed by atoms with Crippen LogP contribution in [0.3, 0.4) is 0 Å². The number of fused-ring (bicyclic) bond motifs is 1. The van der Waals surface area contributed by atoms with E-state index in [0.717, 1.165) is 40.6 Å². The lowest BCUT2D eigenvalue weighted by Crippen LogP contribution is -2.27. The third kappa shape index (κ3) is 5.34. The first-order chi connectivity index (χ1) is 16.8. The van der Waals surface area contributed by atoms with E-state index in [-0.39, 0.29) is 41.1 Å². The summed E-state index contributed by atoms with van der Waals surface area (Å²) < 4.78 is 3.74. The normalized spacial score (nSPS) is 12.8. The van der Waals surface area contributed by atoms with Crippen LogP contribution < -0.4 is 5.62 Å². The van der Waals surface area contributed by atoms with E-state index in [2.05, 4.69) is 27.7 Å². The van der Waals surface area contributed by atoms with Crippen LogP contribution in [0.2, 0.25) is 0 Å². The van der Waals surface area contributed by atoms with Gasteiger partial charge in [-0.1, -0.05) is 70.2 Å². The number of imidazole rings is 1. The van der Waals surface area contributed by atoms with Crippen LogP contribution in [-0.2, 0) is 13.1 Å². The molecule has 36 heavy (non-hydrogen) atoms. The molecule has 0 bridgehead atoms. The van der Waals surface area contributed by atoms with Gasteiger partial charge in [0.1, 0.15) is 5.75 Å². The van der Waals surface area contributed by atoms with Gasteiger partial charge in [0.05, 0.1) is 24.1 Å². The number of nitrogens with zero attached hydrogens (tertiary/aromatic N) is 2. The number of hydrogen-bond acceptors (Lipinski definition) is 3. The molecule has 0 fully saturated rings. The molecule has 5 nitrogen and oxygen atoms in total. The number of hydrogen-bond donors (Lipinski definition) is 2. The minimum absolute atomic E-state index is 0. The fourth-order valence-corrected chi connectivity index (χ4v) is 4.65. The lowest BCUT2D eigenvalue weighted by atomic mass is 9.87. The average Bonchev–Trinajstić information content (AvgIpc) is 3.14. The second-order valence-corrected chi connectivity index (χ2v) is 9.52. The first kappa shape index (κ1) is 27.5. The Labute approximate surface area is 223 Å². The third-order valence-electron chi connectivity index (χ3n) is 7.24. The topological polar surface area (TPSA) is 71.0 Å². The number of para-hydroxylation sites is 2. The summed E-state index contributed by atoms with van der Waals surface area (Å²) in [6.07, 6.45) is 1.76. The lowest BCUT2D eigenvalue weighted by Gasteiger charge is -2.20. The summed E-state index contributed by atoms with van der Waals surface area (Å²) in [5, 5.41) is 19.9. The number of carbonyl (C=O) groups excluding carboxylic acids is 1. The number of carbonyl (C=O) groups is 1.